The number of nitriles is 1. The summed E-state index contributed by atoms with van der Waals surface area (Å²) < 4.78 is 0. The number of nitrogens with one attached hydrogen (secondary N) is 1. The molecule has 0 aliphatic rings. The smallest absolute Gasteiger partial charge is 0.282 e. The molecule has 1 unspecified atom stereocenters. The van der Waals surface area contributed by atoms with Crippen LogP contribution in [-0.2, 0) is 0 Å². The fourth-order valence-corrected chi connectivity index (χ4v) is 1.79. The van der Waals surface area contributed by atoms with E-state index in [2.05, 4.69) is 5.32 Å². The van der Waals surface area contributed by atoms with Crippen molar-refractivity contribution in [2.45, 2.75) is 32.7 Å². The Kier molecular flexibility index (Phi) is 5.01. The van der Waals surface area contributed by atoms with Crippen LogP contribution in [0.2, 0.25) is 0 Å². The minimum Gasteiger partial charge on any atom is -0.336 e. The van der Waals surface area contributed by atoms with E-state index in [0.29, 0.717) is 12.0 Å². The summed E-state index contributed by atoms with van der Waals surface area (Å²) in [4.78, 5) is 22.4. The van der Waals surface area contributed by atoms with Crippen LogP contribution in [0.5, 0.6) is 0 Å². The van der Waals surface area contributed by atoms with Crippen LogP contribution < -0.4 is 5.32 Å². The molecule has 0 aliphatic carbocycles. The van der Waals surface area contributed by atoms with E-state index in [-0.39, 0.29) is 11.3 Å². The summed E-state index contributed by atoms with van der Waals surface area (Å²) in [7, 11) is 0. The number of carbonyl (C=O) groups excluding carboxylic acids is 1. The Morgan fingerprint density at radius 3 is 2.79 bits per heavy atom. The van der Waals surface area contributed by atoms with Crippen molar-refractivity contribution in [3.05, 3.63) is 39.4 Å². The topological polar surface area (TPSA) is 96.0 Å². The lowest BCUT2D eigenvalue weighted by Crippen LogP contribution is -2.34. The summed E-state index contributed by atoms with van der Waals surface area (Å²) in [6.45, 7) is 3.52. The average molecular weight is 261 g/mol. The van der Waals surface area contributed by atoms with Gasteiger partial charge in [-0.3, -0.25) is 14.9 Å². The zero-order valence-corrected chi connectivity index (χ0v) is 10.8. The quantitative estimate of drug-likeness (QED) is 0.649. The zero-order valence-electron chi connectivity index (χ0n) is 10.8. The predicted molar refractivity (Wildman–Crippen MR) is 69.6 cm³/mol. The summed E-state index contributed by atoms with van der Waals surface area (Å²) in [6.07, 6.45) is 1.26. The molecule has 1 aromatic carbocycles. The van der Waals surface area contributed by atoms with Crippen molar-refractivity contribution in [1.29, 1.82) is 5.26 Å². The van der Waals surface area contributed by atoms with Crippen molar-refractivity contribution >= 4 is 11.6 Å². The molecule has 0 saturated carbocycles. The molecule has 0 aliphatic heterocycles. The largest absolute Gasteiger partial charge is 0.336 e. The third kappa shape index (κ3) is 3.52. The number of rotatable bonds is 5. The first-order valence-electron chi connectivity index (χ1n) is 5.95. The second-order valence-electron chi connectivity index (χ2n) is 4.17. The van der Waals surface area contributed by atoms with Gasteiger partial charge in [0.15, 0.2) is 0 Å². The third-order valence-electron chi connectivity index (χ3n) is 2.71. The summed E-state index contributed by atoms with van der Waals surface area (Å²) >= 11 is 0. The zero-order chi connectivity index (χ0) is 14.4. The first-order chi connectivity index (χ1) is 9.01. The molecular formula is C13H15N3O3. The molecule has 100 valence electrons. The van der Waals surface area contributed by atoms with Gasteiger partial charge in [-0.2, -0.15) is 5.26 Å². The van der Waals surface area contributed by atoms with Crippen LogP contribution in [0.25, 0.3) is 0 Å². The molecule has 1 N–H and O–H groups in total. The van der Waals surface area contributed by atoms with Crippen LogP contribution in [0.3, 0.4) is 0 Å². The molecule has 0 heterocycles. The Morgan fingerprint density at radius 2 is 2.26 bits per heavy atom. The molecule has 1 aromatic rings. The molecule has 6 heteroatoms. The van der Waals surface area contributed by atoms with E-state index in [0.717, 1.165) is 6.42 Å². The molecule has 0 aromatic heterocycles. The van der Waals surface area contributed by atoms with E-state index in [9.17, 15) is 14.9 Å². The number of benzene rings is 1. The van der Waals surface area contributed by atoms with E-state index in [1.54, 1.807) is 13.0 Å². The van der Waals surface area contributed by atoms with Crippen molar-refractivity contribution < 1.29 is 9.72 Å². The number of nitro benzene ring substituents is 1. The minimum absolute atomic E-state index is 0.0175. The van der Waals surface area contributed by atoms with Gasteiger partial charge in [-0.25, -0.2) is 0 Å². The van der Waals surface area contributed by atoms with Gasteiger partial charge in [-0.1, -0.05) is 25.5 Å². The lowest BCUT2D eigenvalue weighted by atomic mass is 10.0. The first kappa shape index (κ1) is 14.6. The second kappa shape index (κ2) is 6.50. The molecular weight excluding hydrogens is 246 g/mol. The number of carbonyl (C=O) groups is 1. The Balaban J connectivity index is 3.06. The van der Waals surface area contributed by atoms with E-state index < -0.39 is 16.9 Å². The fraction of sp³-hybridized carbons (Fsp3) is 0.385. The minimum atomic E-state index is -0.628. The van der Waals surface area contributed by atoms with Crippen LogP contribution in [-0.4, -0.2) is 16.9 Å². The average Bonchev–Trinajstić information content (AvgIpc) is 2.37. The maximum atomic E-state index is 12.1. The normalized spacial score (nSPS) is 11.4. The lowest BCUT2D eigenvalue weighted by Gasteiger charge is -2.12. The van der Waals surface area contributed by atoms with Gasteiger partial charge in [0, 0.05) is 6.07 Å². The molecule has 1 rings (SSSR count). The van der Waals surface area contributed by atoms with Gasteiger partial charge in [0.05, 0.1) is 11.0 Å². The number of hydrogen-bond acceptors (Lipinski definition) is 4. The van der Waals surface area contributed by atoms with E-state index in [4.69, 9.17) is 5.26 Å². The molecule has 0 spiro atoms. The highest BCUT2D eigenvalue weighted by molar-refractivity contribution is 5.99. The second-order valence-corrected chi connectivity index (χ2v) is 4.17. The van der Waals surface area contributed by atoms with Crippen LogP contribution in [0, 0.1) is 28.4 Å². The highest BCUT2D eigenvalue weighted by Gasteiger charge is 2.23. The van der Waals surface area contributed by atoms with E-state index in [1.165, 1.54) is 12.1 Å². The van der Waals surface area contributed by atoms with Crippen LogP contribution >= 0.6 is 0 Å². The van der Waals surface area contributed by atoms with Gasteiger partial charge < -0.3 is 5.32 Å². The number of nitro groups is 1. The molecule has 0 saturated heterocycles. The molecule has 0 fully saturated rings. The Morgan fingerprint density at radius 1 is 1.58 bits per heavy atom. The van der Waals surface area contributed by atoms with Crippen LogP contribution in [0.15, 0.2) is 18.2 Å². The molecule has 19 heavy (non-hydrogen) atoms. The van der Waals surface area contributed by atoms with E-state index >= 15 is 0 Å². The SMILES string of the molecule is CCCC(C#N)NC(=O)c1c(C)cccc1[N+](=O)[O-]. The van der Waals surface area contributed by atoms with Gasteiger partial charge in [0.2, 0.25) is 0 Å². The standard InChI is InChI=1S/C13H15N3O3/c1-3-5-10(8-14)15-13(17)12-9(2)6-4-7-11(12)16(18)19/h4,6-7,10H,3,5H2,1-2H3,(H,15,17). The number of amides is 1. The molecule has 0 bridgehead atoms. The van der Waals surface area contributed by atoms with Gasteiger partial charge in [0.25, 0.3) is 11.6 Å². The summed E-state index contributed by atoms with van der Waals surface area (Å²) in [5.74, 6) is -0.579. The molecule has 0 radical (unpaired) electrons. The van der Waals surface area contributed by atoms with Crippen molar-refractivity contribution in [3.8, 4) is 6.07 Å². The maximum Gasteiger partial charge on any atom is 0.282 e. The van der Waals surface area contributed by atoms with Crippen molar-refractivity contribution in [1.82, 2.24) is 5.32 Å². The van der Waals surface area contributed by atoms with Gasteiger partial charge in [-0.05, 0) is 18.9 Å². The molecule has 1 atom stereocenters. The van der Waals surface area contributed by atoms with E-state index in [1.807, 2.05) is 13.0 Å². The van der Waals surface area contributed by atoms with Crippen molar-refractivity contribution in [2.75, 3.05) is 0 Å². The van der Waals surface area contributed by atoms with Gasteiger partial charge in [0.1, 0.15) is 11.6 Å². The highest BCUT2D eigenvalue weighted by atomic mass is 16.6. The van der Waals surface area contributed by atoms with Crippen molar-refractivity contribution in [2.24, 2.45) is 0 Å². The highest BCUT2D eigenvalue weighted by Crippen LogP contribution is 2.21. The predicted octanol–water partition coefficient (Wildman–Crippen LogP) is 2.33. The molecule has 1 amide bonds. The Labute approximate surface area is 111 Å². The van der Waals surface area contributed by atoms with Crippen molar-refractivity contribution in [3.63, 3.8) is 0 Å². The fourth-order valence-electron chi connectivity index (χ4n) is 1.79. The number of aryl methyl sites for hydroxylation is 1. The molecule has 6 nitrogen and oxygen atoms in total. The van der Waals surface area contributed by atoms with Gasteiger partial charge >= 0.3 is 0 Å². The van der Waals surface area contributed by atoms with Gasteiger partial charge in [-0.15, -0.1) is 0 Å². The van der Waals surface area contributed by atoms with Crippen LogP contribution in [0.1, 0.15) is 35.7 Å². The summed E-state index contributed by atoms with van der Waals surface area (Å²) in [6, 6.07) is 5.78. The Bertz CT molecular complexity index is 534. The summed E-state index contributed by atoms with van der Waals surface area (Å²) in [5, 5.41) is 22.3. The first-order valence-corrected chi connectivity index (χ1v) is 5.95. The number of hydrogen-bond donors (Lipinski definition) is 1. The summed E-state index contributed by atoms with van der Waals surface area (Å²) in [5.41, 5.74) is 0.287. The maximum absolute atomic E-state index is 12.1. The monoisotopic (exact) mass is 261 g/mol. The Hall–Kier alpha value is -2.42. The van der Waals surface area contributed by atoms with Crippen LogP contribution in [0.4, 0.5) is 5.69 Å². The third-order valence-corrected chi connectivity index (χ3v) is 2.71. The lowest BCUT2D eigenvalue weighted by molar-refractivity contribution is -0.385. The number of nitrogens with zero attached hydrogens (tertiary/aromatic N) is 2.